The van der Waals surface area contributed by atoms with Crippen molar-refractivity contribution in [1.29, 1.82) is 0 Å². The molecular weight excluding hydrogens is 472 g/mol. The summed E-state index contributed by atoms with van der Waals surface area (Å²) in [4.78, 5) is 20.1. The fraction of sp³-hybridized carbons (Fsp3) is 0.200. The number of ether oxygens (including phenoxy) is 2. The van der Waals surface area contributed by atoms with Gasteiger partial charge in [-0.3, -0.25) is 9.69 Å². The number of nitrogens with zero attached hydrogens (tertiary/aromatic N) is 2. The lowest BCUT2D eigenvalue weighted by Crippen LogP contribution is -2.31. The molecule has 0 aliphatic heterocycles. The third-order valence-electron chi connectivity index (χ3n) is 5.32. The van der Waals surface area contributed by atoms with Gasteiger partial charge in [-0.05, 0) is 35.4 Å². The Hall–Kier alpha value is -3.43. The first-order valence-electron chi connectivity index (χ1n) is 10.4. The van der Waals surface area contributed by atoms with Crippen molar-refractivity contribution in [3.63, 3.8) is 0 Å². The van der Waals surface area contributed by atoms with Crippen LogP contribution in [0.2, 0.25) is 0 Å². The number of carbonyl (C=O) groups is 1. The first-order valence-corrected chi connectivity index (χ1v) is 13.2. The van der Waals surface area contributed by atoms with Crippen molar-refractivity contribution in [2.24, 2.45) is 0 Å². The van der Waals surface area contributed by atoms with Gasteiger partial charge < -0.3 is 9.47 Å². The molecule has 0 N–H and O–H groups in total. The van der Waals surface area contributed by atoms with Crippen LogP contribution in [0, 0.1) is 0 Å². The Bertz CT molecular complexity index is 1370. The van der Waals surface area contributed by atoms with E-state index in [2.05, 4.69) is 0 Å². The Morgan fingerprint density at radius 2 is 1.56 bits per heavy atom. The SMILES string of the molecule is COc1ccc(OC)c2sc(N(Cc3ccccc3)C(=O)Cc3ccc(S(C)(=O)=O)cc3)nc12. The second kappa shape index (κ2) is 9.82. The highest BCUT2D eigenvalue weighted by atomic mass is 32.2. The zero-order valence-corrected chi connectivity index (χ0v) is 20.7. The van der Waals surface area contributed by atoms with Gasteiger partial charge in [0.2, 0.25) is 5.91 Å². The molecule has 0 aliphatic rings. The number of benzene rings is 3. The Morgan fingerprint density at radius 1 is 0.912 bits per heavy atom. The van der Waals surface area contributed by atoms with Gasteiger partial charge in [-0.25, -0.2) is 13.4 Å². The number of hydrogen-bond acceptors (Lipinski definition) is 7. The lowest BCUT2D eigenvalue weighted by atomic mass is 10.1. The summed E-state index contributed by atoms with van der Waals surface area (Å²) in [6.45, 7) is 0.339. The number of methoxy groups -OCH3 is 2. The average molecular weight is 497 g/mol. The second-order valence-electron chi connectivity index (χ2n) is 7.70. The van der Waals surface area contributed by atoms with E-state index in [-0.39, 0.29) is 17.2 Å². The van der Waals surface area contributed by atoms with Crippen molar-refractivity contribution in [1.82, 2.24) is 4.98 Å². The molecule has 176 valence electrons. The van der Waals surface area contributed by atoms with Crippen LogP contribution >= 0.6 is 11.3 Å². The number of hydrogen-bond donors (Lipinski definition) is 0. The summed E-state index contributed by atoms with van der Waals surface area (Å²) in [5.74, 6) is 1.10. The van der Waals surface area contributed by atoms with Crippen molar-refractivity contribution in [2.45, 2.75) is 17.9 Å². The molecule has 0 aliphatic carbocycles. The molecule has 4 aromatic rings. The van der Waals surface area contributed by atoms with Crippen molar-refractivity contribution < 1.29 is 22.7 Å². The number of thiazole rings is 1. The van der Waals surface area contributed by atoms with Crippen LogP contribution in [0.4, 0.5) is 5.13 Å². The Balaban J connectivity index is 1.72. The maximum absolute atomic E-state index is 13.5. The van der Waals surface area contributed by atoms with E-state index in [0.717, 1.165) is 16.5 Å². The maximum Gasteiger partial charge on any atom is 0.233 e. The zero-order chi connectivity index (χ0) is 24.3. The number of fused-ring (bicyclic) bond motifs is 1. The number of sulfone groups is 1. The predicted octanol–water partition coefficient (Wildman–Crippen LogP) is 4.49. The van der Waals surface area contributed by atoms with Crippen molar-refractivity contribution in [2.75, 3.05) is 25.4 Å². The van der Waals surface area contributed by atoms with Crippen LogP contribution in [0.15, 0.2) is 71.6 Å². The number of rotatable bonds is 8. The van der Waals surface area contributed by atoms with E-state index in [0.29, 0.717) is 34.3 Å². The van der Waals surface area contributed by atoms with Gasteiger partial charge >= 0.3 is 0 Å². The largest absolute Gasteiger partial charge is 0.495 e. The van der Waals surface area contributed by atoms with E-state index >= 15 is 0 Å². The fourth-order valence-corrected chi connectivity index (χ4v) is 5.26. The highest BCUT2D eigenvalue weighted by molar-refractivity contribution is 7.90. The van der Waals surface area contributed by atoms with E-state index in [1.165, 1.54) is 23.5 Å². The Kier molecular flexibility index (Phi) is 6.85. The van der Waals surface area contributed by atoms with Crippen LogP contribution < -0.4 is 14.4 Å². The molecule has 0 fully saturated rings. The lowest BCUT2D eigenvalue weighted by Gasteiger charge is -2.20. The van der Waals surface area contributed by atoms with Gasteiger partial charge in [-0.15, -0.1) is 0 Å². The highest BCUT2D eigenvalue weighted by Crippen LogP contribution is 2.40. The number of aromatic nitrogens is 1. The molecule has 1 heterocycles. The van der Waals surface area contributed by atoms with Gasteiger partial charge in [-0.1, -0.05) is 53.8 Å². The number of anilines is 1. The third-order valence-corrected chi connectivity index (χ3v) is 7.54. The van der Waals surface area contributed by atoms with Gasteiger partial charge in [0.1, 0.15) is 21.7 Å². The molecule has 0 unspecified atom stereocenters. The smallest absolute Gasteiger partial charge is 0.233 e. The quantitative estimate of drug-likeness (QED) is 0.357. The molecule has 34 heavy (non-hydrogen) atoms. The van der Waals surface area contributed by atoms with Crippen LogP contribution in [0.3, 0.4) is 0 Å². The van der Waals surface area contributed by atoms with Crippen LogP contribution in [-0.2, 0) is 27.6 Å². The lowest BCUT2D eigenvalue weighted by molar-refractivity contribution is -0.118. The Morgan fingerprint density at radius 3 is 2.18 bits per heavy atom. The first kappa shape index (κ1) is 23.7. The first-order chi connectivity index (χ1) is 16.3. The zero-order valence-electron chi connectivity index (χ0n) is 19.0. The van der Waals surface area contributed by atoms with Gasteiger partial charge in [0.25, 0.3) is 0 Å². The van der Waals surface area contributed by atoms with Gasteiger partial charge in [0.15, 0.2) is 15.0 Å². The minimum absolute atomic E-state index is 0.0983. The third kappa shape index (κ3) is 5.05. The van der Waals surface area contributed by atoms with Crippen molar-refractivity contribution in [3.05, 3.63) is 77.9 Å². The van der Waals surface area contributed by atoms with Crippen LogP contribution in [-0.4, -0.2) is 39.8 Å². The summed E-state index contributed by atoms with van der Waals surface area (Å²) >= 11 is 1.36. The molecule has 1 aromatic heterocycles. The van der Waals surface area contributed by atoms with E-state index in [4.69, 9.17) is 14.5 Å². The van der Waals surface area contributed by atoms with E-state index in [1.807, 2.05) is 36.4 Å². The molecule has 0 saturated carbocycles. The summed E-state index contributed by atoms with van der Waals surface area (Å²) in [5.41, 5.74) is 2.30. The summed E-state index contributed by atoms with van der Waals surface area (Å²) in [5, 5.41) is 0.527. The molecule has 3 aromatic carbocycles. The topological polar surface area (TPSA) is 85.8 Å². The minimum atomic E-state index is -3.30. The predicted molar refractivity (Wildman–Crippen MR) is 134 cm³/mol. The standard InChI is InChI=1S/C25H24N2O5S2/c1-31-20-13-14-21(32-2)24-23(20)26-25(33-24)27(16-18-7-5-4-6-8-18)22(28)15-17-9-11-19(12-10-17)34(3,29)30/h4-14H,15-16H2,1-3H3. The number of amides is 1. The molecule has 0 bridgehead atoms. The van der Waals surface area contributed by atoms with Crippen molar-refractivity contribution >= 4 is 42.4 Å². The van der Waals surface area contributed by atoms with Gasteiger partial charge in [0.05, 0.1) is 32.1 Å². The molecule has 4 rings (SSSR count). The summed E-state index contributed by atoms with van der Waals surface area (Å²) in [6.07, 6.45) is 1.26. The van der Waals surface area contributed by atoms with E-state index in [9.17, 15) is 13.2 Å². The summed E-state index contributed by atoms with van der Waals surface area (Å²) < 4.78 is 35.3. The molecule has 7 nitrogen and oxygen atoms in total. The normalized spacial score (nSPS) is 11.4. The fourth-order valence-electron chi connectivity index (χ4n) is 3.54. The van der Waals surface area contributed by atoms with E-state index in [1.54, 1.807) is 37.3 Å². The monoisotopic (exact) mass is 496 g/mol. The summed E-state index contributed by atoms with van der Waals surface area (Å²) in [7, 11) is -0.136. The molecule has 9 heteroatoms. The molecule has 0 radical (unpaired) electrons. The highest BCUT2D eigenvalue weighted by Gasteiger charge is 2.23. The van der Waals surface area contributed by atoms with Crippen LogP contribution in [0.5, 0.6) is 11.5 Å². The maximum atomic E-state index is 13.5. The average Bonchev–Trinajstić information content (AvgIpc) is 3.27. The Labute approximate surface area is 202 Å². The van der Waals surface area contributed by atoms with Gasteiger partial charge in [0, 0.05) is 6.26 Å². The second-order valence-corrected chi connectivity index (χ2v) is 10.7. The van der Waals surface area contributed by atoms with Crippen LogP contribution in [0.25, 0.3) is 10.2 Å². The molecular formula is C25H24N2O5S2. The van der Waals surface area contributed by atoms with Gasteiger partial charge in [-0.2, -0.15) is 0 Å². The minimum Gasteiger partial charge on any atom is -0.495 e. The molecule has 0 spiro atoms. The van der Waals surface area contributed by atoms with E-state index < -0.39 is 9.84 Å². The van der Waals surface area contributed by atoms with Crippen LogP contribution in [0.1, 0.15) is 11.1 Å². The molecule has 0 saturated heterocycles. The molecule has 0 atom stereocenters. The number of carbonyl (C=O) groups excluding carboxylic acids is 1. The summed E-state index contributed by atoms with van der Waals surface area (Å²) in [6, 6.07) is 19.7. The van der Waals surface area contributed by atoms with Crippen molar-refractivity contribution in [3.8, 4) is 11.5 Å². The molecule has 1 amide bonds.